The van der Waals surface area contributed by atoms with E-state index < -0.39 is 27.2 Å². The van der Waals surface area contributed by atoms with Gasteiger partial charge in [-0.05, 0) is 24.5 Å². The molecule has 0 spiro atoms. The normalized spacial score (nSPS) is 22.7. The zero-order valence-corrected chi connectivity index (χ0v) is 12.8. The topological polar surface area (TPSA) is 85.4 Å². The van der Waals surface area contributed by atoms with Crippen LogP contribution < -0.4 is 4.72 Å². The minimum atomic E-state index is -3.56. The van der Waals surface area contributed by atoms with Crippen molar-refractivity contribution in [3.05, 3.63) is 30.1 Å². The van der Waals surface area contributed by atoms with Gasteiger partial charge in [0.05, 0.1) is 18.3 Å². The Morgan fingerprint density at radius 2 is 2.19 bits per heavy atom. The molecule has 2 atom stereocenters. The Morgan fingerprint density at radius 1 is 1.43 bits per heavy atom. The van der Waals surface area contributed by atoms with Crippen LogP contribution in [0.5, 0.6) is 0 Å². The number of ether oxygens (including phenoxy) is 1. The van der Waals surface area contributed by atoms with Crippen LogP contribution in [0.2, 0.25) is 0 Å². The minimum absolute atomic E-state index is 0.181. The molecular formula is C14H20N2O4S. The lowest BCUT2D eigenvalue weighted by Gasteiger charge is -2.29. The number of carbonyl (C=O) groups is 1. The monoisotopic (exact) mass is 312 g/mol. The van der Waals surface area contributed by atoms with Crippen LogP contribution in [0, 0.1) is 5.92 Å². The van der Waals surface area contributed by atoms with Crippen LogP contribution >= 0.6 is 0 Å². The molecule has 116 valence electrons. The molecular weight excluding hydrogens is 292 g/mol. The summed E-state index contributed by atoms with van der Waals surface area (Å²) in [6.45, 7) is 0.181. The van der Waals surface area contributed by atoms with Gasteiger partial charge < -0.3 is 4.74 Å². The first-order valence-corrected chi connectivity index (χ1v) is 8.54. The van der Waals surface area contributed by atoms with Crippen LogP contribution in [-0.2, 0) is 26.1 Å². The summed E-state index contributed by atoms with van der Waals surface area (Å²) in [7, 11) is -2.27. The highest BCUT2D eigenvalue weighted by Gasteiger charge is 2.40. The largest absolute Gasteiger partial charge is 0.469 e. The third-order valence-corrected chi connectivity index (χ3v) is 5.71. The summed E-state index contributed by atoms with van der Waals surface area (Å²) >= 11 is 0. The van der Waals surface area contributed by atoms with Crippen molar-refractivity contribution in [1.82, 2.24) is 9.71 Å². The summed E-state index contributed by atoms with van der Waals surface area (Å²) < 4.78 is 32.2. The number of aromatic nitrogens is 1. The molecule has 0 aliphatic heterocycles. The molecule has 0 amide bonds. The number of nitrogens with one attached hydrogen (secondary N) is 1. The maximum Gasteiger partial charge on any atom is 0.310 e. The van der Waals surface area contributed by atoms with Gasteiger partial charge >= 0.3 is 5.97 Å². The fourth-order valence-electron chi connectivity index (χ4n) is 2.68. The van der Waals surface area contributed by atoms with Crippen LogP contribution in [0.4, 0.5) is 0 Å². The van der Waals surface area contributed by atoms with E-state index in [2.05, 4.69) is 9.71 Å². The summed E-state index contributed by atoms with van der Waals surface area (Å²) in [5, 5.41) is -0.713. The van der Waals surface area contributed by atoms with Gasteiger partial charge in [0, 0.05) is 18.9 Å². The SMILES string of the molecule is COC(=O)C1CCCCC1S(=O)(=O)NCc1cccnc1. The van der Waals surface area contributed by atoms with Crippen LogP contribution in [0.25, 0.3) is 0 Å². The number of pyridine rings is 1. The van der Waals surface area contributed by atoms with E-state index in [0.717, 1.165) is 18.4 Å². The molecule has 0 saturated heterocycles. The highest BCUT2D eigenvalue weighted by atomic mass is 32.2. The highest BCUT2D eigenvalue weighted by Crippen LogP contribution is 2.30. The quantitative estimate of drug-likeness (QED) is 0.827. The molecule has 1 saturated carbocycles. The maximum absolute atomic E-state index is 12.5. The Hall–Kier alpha value is -1.47. The van der Waals surface area contributed by atoms with Gasteiger partial charge in [-0.15, -0.1) is 0 Å². The molecule has 1 aliphatic rings. The van der Waals surface area contributed by atoms with Crippen LogP contribution in [0.3, 0.4) is 0 Å². The minimum Gasteiger partial charge on any atom is -0.469 e. The number of esters is 1. The van der Waals surface area contributed by atoms with E-state index >= 15 is 0 Å². The molecule has 6 nitrogen and oxygen atoms in total. The summed E-state index contributed by atoms with van der Waals surface area (Å²) in [5.74, 6) is -1.01. The zero-order chi connectivity index (χ0) is 15.3. The predicted molar refractivity (Wildman–Crippen MR) is 77.8 cm³/mol. The second-order valence-electron chi connectivity index (χ2n) is 5.18. The third-order valence-electron chi connectivity index (χ3n) is 3.81. The smallest absolute Gasteiger partial charge is 0.310 e. The van der Waals surface area contributed by atoms with Gasteiger partial charge in [0.25, 0.3) is 0 Å². The van der Waals surface area contributed by atoms with Gasteiger partial charge in [-0.1, -0.05) is 18.9 Å². The molecule has 1 aromatic rings. The number of hydrogen-bond donors (Lipinski definition) is 1. The zero-order valence-electron chi connectivity index (χ0n) is 12.0. The van der Waals surface area contributed by atoms with Crippen LogP contribution in [0.1, 0.15) is 31.2 Å². The fourth-order valence-corrected chi connectivity index (χ4v) is 4.42. The first-order valence-electron chi connectivity index (χ1n) is 7.00. The first kappa shape index (κ1) is 15.9. The van der Waals surface area contributed by atoms with E-state index in [4.69, 9.17) is 4.74 Å². The molecule has 0 aromatic carbocycles. The number of hydrogen-bond acceptors (Lipinski definition) is 5. The van der Waals surface area contributed by atoms with Gasteiger partial charge in [0.15, 0.2) is 0 Å². The second kappa shape index (κ2) is 7.00. The molecule has 1 heterocycles. The van der Waals surface area contributed by atoms with Crippen molar-refractivity contribution in [1.29, 1.82) is 0 Å². The van der Waals surface area contributed by atoms with Crippen molar-refractivity contribution in [3.63, 3.8) is 0 Å². The van der Waals surface area contributed by atoms with Crippen molar-refractivity contribution in [2.45, 2.75) is 37.5 Å². The van der Waals surface area contributed by atoms with Gasteiger partial charge in [-0.3, -0.25) is 9.78 Å². The van der Waals surface area contributed by atoms with Crippen molar-refractivity contribution >= 4 is 16.0 Å². The third kappa shape index (κ3) is 4.01. The lowest BCUT2D eigenvalue weighted by atomic mass is 9.89. The molecule has 0 radical (unpaired) electrons. The number of sulfonamides is 1. The fraction of sp³-hybridized carbons (Fsp3) is 0.571. The second-order valence-corrected chi connectivity index (χ2v) is 7.16. The van der Waals surface area contributed by atoms with E-state index in [1.165, 1.54) is 7.11 Å². The Balaban J connectivity index is 2.07. The maximum atomic E-state index is 12.5. The van der Waals surface area contributed by atoms with Crippen molar-refractivity contribution in [2.75, 3.05) is 7.11 Å². The number of nitrogens with zero attached hydrogens (tertiary/aromatic N) is 1. The van der Waals surface area contributed by atoms with Gasteiger partial charge in [0.1, 0.15) is 0 Å². The highest BCUT2D eigenvalue weighted by molar-refractivity contribution is 7.90. The molecule has 2 unspecified atom stereocenters. The van der Waals surface area contributed by atoms with E-state index in [1.807, 2.05) is 0 Å². The van der Waals surface area contributed by atoms with Crippen molar-refractivity contribution in [3.8, 4) is 0 Å². The van der Waals surface area contributed by atoms with E-state index in [1.54, 1.807) is 24.5 Å². The molecule has 1 N–H and O–H groups in total. The Bertz CT molecular complexity index is 574. The van der Waals surface area contributed by atoms with Crippen LogP contribution in [-0.4, -0.2) is 31.7 Å². The molecule has 1 aliphatic carbocycles. The average Bonchev–Trinajstić information content (AvgIpc) is 2.53. The number of methoxy groups -OCH3 is 1. The molecule has 1 aromatic heterocycles. The Kier molecular flexibility index (Phi) is 5.30. The Morgan fingerprint density at radius 3 is 2.86 bits per heavy atom. The van der Waals surface area contributed by atoms with Gasteiger partial charge in [-0.25, -0.2) is 13.1 Å². The number of rotatable bonds is 5. The lowest BCUT2D eigenvalue weighted by Crippen LogP contribution is -2.43. The molecule has 2 rings (SSSR count). The van der Waals surface area contributed by atoms with E-state index in [-0.39, 0.29) is 6.54 Å². The summed E-state index contributed by atoms with van der Waals surface area (Å²) in [6.07, 6.45) is 5.96. The van der Waals surface area contributed by atoms with E-state index in [9.17, 15) is 13.2 Å². The molecule has 21 heavy (non-hydrogen) atoms. The molecule has 1 fully saturated rings. The molecule has 0 bridgehead atoms. The summed E-state index contributed by atoms with van der Waals surface area (Å²) in [4.78, 5) is 15.7. The predicted octanol–water partition coefficient (Wildman–Crippen LogP) is 1.23. The average molecular weight is 312 g/mol. The van der Waals surface area contributed by atoms with Gasteiger partial charge in [0.2, 0.25) is 10.0 Å². The lowest BCUT2D eigenvalue weighted by molar-refractivity contribution is -0.146. The summed E-state index contributed by atoms with van der Waals surface area (Å²) in [5.41, 5.74) is 0.784. The molecule has 7 heteroatoms. The first-order chi connectivity index (χ1) is 10.0. The number of carbonyl (C=O) groups excluding carboxylic acids is 1. The van der Waals surface area contributed by atoms with Gasteiger partial charge in [-0.2, -0.15) is 0 Å². The summed E-state index contributed by atoms with van der Waals surface area (Å²) in [6, 6.07) is 3.55. The van der Waals surface area contributed by atoms with E-state index in [0.29, 0.717) is 12.8 Å². The Labute approximate surface area is 125 Å². The van der Waals surface area contributed by atoms with Crippen LogP contribution in [0.15, 0.2) is 24.5 Å². The standard InChI is InChI=1S/C14H20N2O4S/c1-20-14(17)12-6-2-3-7-13(12)21(18,19)16-10-11-5-4-8-15-9-11/h4-5,8-9,12-13,16H,2-3,6-7,10H2,1H3. The van der Waals surface area contributed by atoms with Crippen molar-refractivity contribution < 1.29 is 17.9 Å². The van der Waals surface area contributed by atoms with Crippen molar-refractivity contribution in [2.24, 2.45) is 5.92 Å².